The van der Waals surface area contributed by atoms with Crippen LogP contribution in [0.5, 0.6) is 5.75 Å². The van der Waals surface area contributed by atoms with E-state index < -0.39 is 35.9 Å². The van der Waals surface area contributed by atoms with Gasteiger partial charge in [-0.05, 0) is 6.07 Å². The second-order valence-electron chi connectivity index (χ2n) is 3.58. The molecule has 8 heteroatoms. The molecule has 0 saturated carbocycles. The van der Waals surface area contributed by atoms with Crippen LogP contribution in [0.3, 0.4) is 0 Å². The first kappa shape index (κ1) is 12.6. The Morgan fingerprint density at radius 1 is 1.33 bits per heavy atom. The minimum absolute atomic E-state index is 0.192. The molecule has 1 heterocycles. The average molecular weight is 265 g/mol. The predicted molar refractivity (Wildman–Crippen MR) is 51.6 cm³/mol. The van der Waals surface area contributed by atoms with Crippen molar-refractivity contribution in [2.75, 3.05) is 5.32 Å². The molecule has 0 aromatic heterocycles. The maximum Gasteiger partial charge on any atom is 0.482 e. The SMILES string of the molecule is O=C1Nc2cccc([C@H](O)C(F)F)c2OC1(F)F. The number of nitrogens with one attached hydrogen (secondary N) is 1. The zero-order valence-corrected chi connectivity index (χ0v) is 8.66. The second kappa shape index (κ2) is 4.13. The molecule has 0 spiro atoms. The van der Waals surface area contributed by atoms with Gasteiger partial charge in [0.15, 0.2) is 5.75 Å². The topological polar surface area (TPSA) is 58.6 Å². The molecule has 0 fully saturated rings. The summed E-state index contributed by atoms with van der Waals surface area (Å²) in [5, 5.41) is 11.0. The number of fused-ring (bicyclic) bond motifs is 1. The quantitative estimate of drug-likeness (QED) is 0.803. The molecular formula is C10H7F4NO3. The second-order valence-corrected chi connectivity index (χ2v) is 3.58. The zero-order valence-electron chi connectivity index (χ0n) is 8.66. The number of carbonyl (C=O) groups is 1. The van der Waals surface area contributed by atoms with Crippen LogP contribution >= 0.6 is 0 Å². The van der Waals surface area contributed by atoms with Gasteiger partial charge in [0.1, 0.15) is 6.10 Å². The Morgan fingerprint density at radius 2 is 2.00 bits per heavy atom. The van der Waals surface area contributed by atoms with Gasteiger partial charge in [-0.25, -0.2) is 8.78 Å². The van der Waals surface area contributed by atoms with Crippen molar-refractivity contribution < 1.29 is 32.2 Å². The molecule has 1 atom stereocenters. The van der Waals surface area contributed by atoms with Crippen LogP contribution < -0.4 is 10.1 Å². The molecule has 4 nitrogen and oxygen atoms in total. The molecule has 0 bridgehead atoms. The molecule has 2 N–H and O–H groups in total. The molecule has 1 aromatic rings. The minimum Gasteiger partial charge on any atom is -0.423 e. The summed E-state index contributed by atoms with van der Waals surface area (Å²) in [6, 6.07) is 3.44. The Bertz CT molecular complexity index is 492. The van der Waals surface area contributed by atoms with Crippen molar-refractivity contribution in [1.29, 1.82) is 0 Å². The van der Waals surface area contributed by atoms with Crippen molar-refractivity contribution in [1.82, 2.24) is 0 Å². The lowest BCUT2D eigenvalue weighted by atomic mass is 10.1. The smallest absolute Gasteiger partial charge is 0.423 e. The van der Waals surface area contributed by atoms with Crippen molar-refractivity contribution in [3.05, 3.63) is 23.8 Å². The van der Waals surface area contributed by atoms with E-state index in [4.69, 9.17) is 0 Å². The van der Waals surface area contributed by atoms with E-state index in [2.05, 4.69) is 4.74 Å². The molecule has 0 aliphatic carbocycles. The fraction of sp³-hybridized carbons (Fsp3) is 0.300. The van der Waals surface area contributed by atoms with E-state index in [0.29, 0.717) is 0 Å². The number of anilines is 1. The van der Waals surface area contributed by atoms with Crippen LogP contribution in [0, 0.1) is 0 Å². The normalized spacial score (nSPS) is 18.9. The number of carbonyl (C=O) groups excluding carboxylic acids is 1. The number of amides is 1. The molecule has 1 aromatic carbocycles. The third-order valence-corrected chi connectivity index (χ3v) is 2.35. The van der Waals surface area contributed by atoms with Gasteiger partial charge in [0, 0.05) is 5.56 Å². The number of aliphatic hydroxyl groups excluding tert-OH is 1. The largest absolute Gasteiger partial charge is 0.482 e. The fourth-order valence-corrected chi connectivity index (χ4v) is 1.51. The van der Waals surface area contributed by atoms with Crippen molar-refractivity contribution >= 4 is 11.6 Å². The molecule has 0 saturated heterocycles. The molecule has 1 aliphatic rings. The lowest BCUT2D eigenvalue weighted by Gasteiger charge is -2.27. The Kier molecular flexibility index (Phi) is 2.89. The maximum absolute atomic E-state index is 13.0. The van der Waals surface area contributed by atoms with Crippen LogP contribution in [0.2, 0.25) is 0 Å². The first-order valence-electron chi connectivity index (χ1n) is 4.80. The molecule has 18 heavy (non-hydrogen) atoms. The van der Waals surface area contributed by atoms with Crippen LogP contribution in [0.4, 0.5) is 23.2 Å². The number of ether oxygens (including phenoxy) is 1. The summed E-state index contributed by atoms with van der Waals surface area (Å²) in [6.07, 6.45) is -9.59. The summed E-state index contributed by atoms with van der Waals surface area (Å²) in [5.41, 5.74) is -0.703. The highest BCUT2D eigenvalue weighted by Gasteiger charge is 2.47. The van der Waals surface area contributed by atoms with Gasteiger partial charge >= 0.3 is 12.0 Å². The zero-order chi connectivity index (χ0) is 13.5. The number of para-hydroxylation sites is 1. The number of hydrogen-bond donors (Lipinski definition) is 2. The summed E-state index contributed by atoms with van der Waals surface area (Å²) in [5.74, 6) is -2.35. The van der Waals surface area contributed by atoms with E-state index in [1.165, 1.54) is 12.1 Å². The Labute approximate surface area is 98.2 Å². The van der Waals surface area contributed by atoms with E-state index in [9.17, 15) is 27.5 Å². The molecule has 1 amide bonds. The first-order chi connectivity index (χ1) is 8.33. The molecule has 1 aliphatic heterocycles. The number of halogens is 4. The van der Waals surface area contributed by atoms with Crippen LogP contribution in [-0.2, 0) is 4.79 Å². The van der Waals surface area contributed by atoms with Crippen LogP contribution in [-0.4, -0.2) is 23.5 Å². The predicted octanol–water partition coefficient (Wildman–Crippen LogP) is 1.91. The fourth-order valence-electron chi connectivity index (χ4n) is 1.51. The van der Waals surface area contributed by atoms with E-state index in [-0.39, 0.29) is 5.69 Å². The van der Waals surface area contributed by atoms with Gasteiger partial charge in [-0.3, -0.25) is 4.79 Å². The molecule has 0 unspecified atom stereocenters. The average Bonchev–Trinajstić information content (AvgIpc) is 2.28. The van der Waals surface area contributed by atoms with E-state index >= 15 is 0 Å². The van der Waals surface area contributed by atoms with Crippen molar-refractivity contribution in [3.63, 3.8) is 0 Å². The number of hydrogen-bond acceptors (Lipinski definition) is 3. The highest BCUT2D eigenvalue weighted by Crippen LogP contribution is 2.41. The van der Waals surface area contributed by atoms with E-state index in [0.717, 1.165) is 6.07 Å². The summed E-state index contributed by atoms with van der Waals surface area (Å²) in [7, 11) is 0. The Hall–Kier alpha value is -1.83. The van der Waals surface area contributed by atoms with E-state index in [1.807, 2.05) is 5.32 Å². The summed E-state index contributed by atoms with van der Waals surface area (Å²) >= 11 is 0. The van der Waals surface area contributed by atoms with Crippen LogP contribution in [0.25, 0.3) is 0 Å². The molecule has 98 valence electrons. The van der Waals surface area contributed by atoms with Gasteiger partial charge in [0.2, 0.25) is 0 Å². The van der Waals surface area contributed by atoms with Gasteiger partial charge in [-0.15, -0.1) is 0 Å². The lowest BCUT2D eigenvalue weighted by Crippen LogP contribution is -2.43. The van der Waals surface area contributed by atoms with E-state index in [1.54, 1.807) is 0 Å². The highest BCUT2D eigenvalue weighted by atomic mass is 19.3. The standard InChI is InChI=1S/C10H7F4NO3/c11-8(12)6(16)4-2-1-3-5-7(4)18-10(13,14)9(17)15-5/h1-3,6,8,16H,(H,15,17)/t6-/m0/s1. The minimum atomic E-state index is -4.16. The molecule has 0 radical (unpaired) electrons. The van der Waals surface area contributed by atoms with Gasteiger partial charge in [0.05, 0.1) is 5.69 Å². The van der Waals surface area contributed by atoms with Gasteiger partial charge in [-0.2, -0.15) is 8.78 Å². The maximum atomic E-state index is 13.0. The number of benzene rings is 1. The van der Waals surface area contributed by atoms with Gasteiger partial charge in [0.25, 0.3) is 6.43 Å². The first-order valence-corrected chi connectivity index (χ1v) is 4.80. The number of rotatable bonds is 2. The Balaban J connectivity index is 2.48. The van der Waals surface area contributed by atoms with Crippen LogP contribution in [0.1, 0.15) is 11.7 Å². The number of aliphatic hydroxyl groups is 1. The third-order valence-electron chi connectivity index (χ3n) is 2.35. The summed E-state index contributed by atoms with van der Waals surface area (Å²) in [6.45, 7) is 0. The molecule has 2 rings (SSSR count). The number of alkyl halides is 4. The Morgan fingerprint density at radius 3 is 2.61 bits per heavy atom. The lowest BCUT2D eigenvalue weighted by molar-refractivity contribution is -0.190. The van der Waals surface area contributed by atoms with Crippen molar-refractivity contribution in [3.8, 4) is 5.75 Å². The van der Waals surface area contributed by atoms with Crippen molar-refractivity contribution in [2.45, 2.75) is 18.6 Å². The van der Waals surface area contributed by atoms with Gasteiger partial charge in [-0.1, -0.05) is 12.1 Å². The van der Waals surface area contributed by atoms with Crippen molar-refractivity contribution in [2.24, 2.45) is 0 Å². The third kappa shape index (κ3) is 1.99. The monoisotopic (exact) mass is 265 g/mol. The highest BCUT2D eigenvalue weighted by molar-refractivity contribution is 5.98. The summed E-state index contributed by atoms with van der Waals surface area (Å²) < 4.78 is 54.9. The van der Waals surface area contributed by atoms with Gasteiger partial charge < -0.3 is 15.2 Å². The van der Waals surface area contributed by atoms with Crippen LogP contribution in [0.15, 0.2) is 18.2 Å². The summed E-state index contributed by atoms with van der Waals surface area (Å²) in [4.78, 5) is 10.9. The molecular weight excluding hydrogens is 258 g/mol.